The van der Waals surface area contributed by atoms with Crippen molar-refractivity contribution in [2.24, 2.45) is 0 Å². The van der Waals surface area contributed by atoms with Crippen LogP contribution in [0.1, 0.15) is 6.92 Å². The lowest BCUT2D eigenvalue weighted by Gasteiger charge is -2.36. The van der Waals surface area contributed by atoms with Gasteiger partial charge in [0.2, 0.25) is 0 Å². The van der Waals surface area contributed by atoms with Gasteiger partial charge >= 0.3 is 0 Å². The predicted octanol–water partition coefficient (Wildman–Crippen LogP) is 1.51. The summed E-state index contributed by atoms with van der Waals surface area (Å²) in [6.07, 6.45) is 6.80. The third-order valence-corrected chi connectivity index (χ3v) is 4.99. The first-order chi connectivity index (χ1) is 13.3. The molecule has 0 spiro atoms. The lowest BCUT2D eigenvalue weighted by atomic mass is 10.2. The minimum Gasteiger partial charge on any atom is -0.352 e. The molecular formula is C18H19N9. The van der Waals surface area contributed by atoms with Crippen LogP contribution in [0.5, 0.6) is 0 Å². The molecule has 0 amide bonds. The molecular weight excluding hydrogens is 342 g/mol. The quantitative estimate of drug-likeness (QED) is 0.542. The standard InChI is InChI=1S/C18H19N9/c1-2-25-12-24-14-17(25)22-11-23-18(14)27-8-6-26(7-9-27)16-13-4-3-5-19-15(13)20-10-21-16/h3-5,10-12H,2,6-9H2,1H3. The van der Waals surface area contributed by atoms with Crippen LogP contribution < -0.4 is 9.80 Å². The van der Waals surface area contributed by atoms with Crippen molar-refractivity contribution in [1.82, 2.24) is 34.5 Å². The summed E-state index contributed by atoms with van der Waals surface area (Å²) < 4.78 is 2.04. The molecule has 1 saturated heterocycles. The topological polar surface area (TPSA) is 88.8 Å². The van der Waals surface area contributed by atoms with Gasteiger partial charge in [0.15, 0.2) is 22.6 Å². The van der Waals surface area contributed by atoms with E-state index in [1.807, 2.05) is 23.0 Å². The Hall–Kier alpha value is -3.36. The molecule has 0 bridgehead atoms. The number of fused-ring (bicyclic) bond motifs is 2. The molecule has 27 heavy (non-hydrogen) atoms. The third-order valence-electron chi connectivity index (χ3n) is 4.99. The van der Waals surface area contributed by atoms with E-state index in [0.29, 0.717) is 0 Å². The van der Waals surface area contributed by atoms with E-state index in [1.54, 1.807) is 18.9 Å². The average Bonchev–Trinajstić information content (AvgIpc) is 3.17. The minimum atomic E-state index is 0.729. The lowest BCUT2D eigenvalue weighted by molar-refractivity contribution is 0.644. The zero-order valence-corrected chi connectivity index (χ0v) is 15.0. The number of imidazole rings is 1. The molecule has 0 atom stereocenters. The van der Waals surface area contributed by atoms with Crippen molar-refractivity contribution in [3.05, 3.63) is 37.3 Å². The van der Waals surface area contributed by atoms with E-state index in [4.69, 9.17) is 0 Å². The van der Waals surface area contributed by atoms with Gasteiger partial charge in [-0.2, -0.15) is 0 Å². The zero-order chi connectivity index (χ0) is 18.2. The molecule has 9 heteroatoms. The van der Waals surface area contributed by atoms with Crippen LogP contribution in [-0.4, -0.2) is 60.6 Å². The number of rotatable bonds is 3. The largest absolute Gasteiger partial charge is 0.352 e. The highest BCUT2D eigenvalue weighted by molar-refractivity contribution is 5.87. The molecule has 0 unspecified atom stereocenters. The molecule has 0 radical (unpaired) electrons. The molecule has 0 aliphatic carbocycles. The van der Waals surface area contributed by atoms with E-state index >= 15 is 0 Å². The molecule has 0 N–H and O–H groups in total. The summed E-state index contributed by atoms with van der Waals surface area (Å²) >= 11 is 0. The summed E-state index contributed by atoms with van der Waals surface area (Å²) in [5.74, 6) is 1.84. The number of piperazine rings is 1. The maximum absolute atomic E-state index is 4.54. The van der Waals surface area contributed by atoms with Gasteiger partial charge in [0.05, 0.1) is 11.7 Å². The Labute approximate surface area is 155 Å². The number of anilines is 2. The van der Waals surface area contributed by atoms with Gasteiger partial charge in [-0.05, 0) is 19.1 Å². The van der Waals surface area contributed by atoms with E-state index in [1.165, 1.54) is 0 Å². The molecule has 1 aliphatic heterocycles. The molecule has 4 aromatic heterocycles. The predicted molar refractivity (Wildman–Crippen MR) is 103 cm³/mol. The Bertz CT molecular complexity index is 1090. The summed E-state index contributed by atoms with van der Waals surface area (Å²) in [6.45, 7) is 6.31. The highest BCUT2D eigenvalue weighted by Gasteiger charge is 2.23. The number of hydrogen-bond donors (Lipinski definition) is 0. The Balaban J connectivity index is 1.41. The summed E-state index contributed by atoms with van der Waals surface area (Å²) in [6, 6.07) is 3.95. The second-order valence-electron chi connectivity index (χ2n) is 6.45. The van der Waals surface area contributed by atoms with Gasteiger partial charge in [-0.3, -0.25) is 0 Å². The Morgan fingerprint density at radius 1 is 0.852 bits per heavy atom. The van der Waals surface area contributed by atoms with Gasteiger partial charge in [0, 0.05) is 38.9 Å². The van der Waals surface area contributed by atoms with Crippen LogP contribution in [0, 0.1) is 0 Å². The zero-order valence-electron chi connectivity index (χ0n) is 15.0. The van der Waals surface area contributed by atoms with Crippen molar-refractivity contribution < 1.29 is 0 Å². The van der Waals surface area contributed by atoms with Crippen molar-refractivity contribution in [3.63, 3.8) is 0 Å². The fourth-order valence-corrected chi connectivity index (χ4v) is 3.60. The summed E-state index contributed by atoms with van der Waals surface area (Å²) in [5, 5.41) is 0.986. The van der Waals surface area contributed by atoms with Gasteiger partial charge in [0.1, 0.15) is 18.5 Å². The molecule has 0 aromatic carbocycles. The first-order valence-electron chi connectivity index (χ1n) is 9.06. The first-order valence-corrected chi connectivity index (χ1v) is 9.06. The second kappa shape index (κ2) is 6.42. The van der Waals surface area contributed by atoms with Crippen molar-refractivity contribution in [1.29, 1.82) is 0 Å². The van der Waals surface area contributed by atoms with Crippen LogP contribution >= 0.6 is 0 Å². The highest BCUT2D eigenvalue weighted by atomic mass is 15.3. The van der Waals surface area contributed by atoms with Crippen molar-refractivity contribution in [2.45, 2.75) is 13.5 Å². The smallest absolute Gasteiger partial charge is 0.165 e. The van der Waals surface area contributed by atoms with E-state index in [0.717, 1.165) is 66.6 Å². The average molecular weight is 361 g/mol. The fraction of sp³-hybridized carbons (Fsp3) is 0.333. The third kappa shape index (κ3) is 2.62. The van der Waals surface area contributed by atoms with E-state index in [9.17, 15) is 0 Å². The van der Waals surface area contributed by atoms with Gasteiger partial charge < -0.3 is 14.4 Å². The van der Waals surface area contributed by atoms with E-state index < -0.39 is 0 Å². The molecule has 0 saturated carbocycles. The number of aryl methyl sites for hydroxylation is 1. The highest BCUT2D eigenvalue weighted by Crippen LogP contribution is 2.26. The Morgan fingerprint density at radius 3 is 2.41 bits per heavy atom. The van der Waals surface area contributed by atoms with Crippen molar-refractivity contribution >= 4 is 33.8 Å². The van der Waals surface area contributed by atoms with Crippen LogP contribution in [0.2, 0.25) is 0 Å². The fourth-order valence-electron chi connectivity index (χ4n) is 3.60. The number of nitrogens with zero attached hydrogens (tertiary/aromatic N) is 9. The minimum absolute atomic E-state index is 0.729. The monoisotopic (exact) mass is 361 g/mol. The van der Waals surface area contributed by atoms with Crippen LogP contribution in [0.3, 0.4) is 0 Å². The Morgan fingerprint density at radius 2 is 1.59 bits per heavy atom. The van der Waals surface area contributed by atoms with Gasteiger partial charge in [-0.25, -0.2) is 29.9 Å². The molecule has 9 nitrogen and oxygen atoms in total. The lowest BCUT2D eigenvalue weighted by Crippen LogP contribution is -2.47. The Kier molecular flexibility index (Phi) is 3.77. The van der Waals surface area contributed by atoms with Crippen LogP contribution in [-0.2, 0) is 6.54 Å². The maximum Gasteiger partial charge on any atom is 0.165 e. The van der Waals surface area contributed by atoms with Crippen LogP contribution in [0.4, 0.5) is 11.6 Å². The molecule has 1 aliphatic rings. The van der Waals surface area contributed by atoms with Crippen LogP contribution in [0.15, 0.2) is 37.3 Å². The van der Waals surface area contributed by atoms with Gasteiger partial charge in [-0.1, -0.05) is 0 Å². The summed E-state index contributed by atoms with van der Waals surface area (Å²) in [4.78, 5) is 31.1. The summed E-state index contributed by atoms with van der Waals surface area (Å²) in [5.41, 5.74) is 2.48. The maximum atomic E-state index is 4.54. The molecule has 136 valence electrons. The van der Waals surface area contributed by atoms with Crippen molar-refractivity contribution in [2.75, 3.05) is 36.0 Å². The molecule has 5 heterocycles. The number of pyridine rings is 1. The second-order valence-corrected chi connectivity index (χ2v) is 6.45. The van der Waals surface area contributed by atoms with E-state index in [2.05, 4.69) is 46.6 Å². The molecule has 4 aromatic rings. The van der Waals surface area contributed by atoms with Crippen molar-refractivity contribution in [3.8, 4) is 0 Å². The van der Waals surface area contributed by atoms with E-state index in [-0.39, 0.29) is 0 Å². The molecule has 5 rings (SSSR count). The summed E-state index contributed by atoms with van der Waals surface area (Å²) in [7, 11) is 0. The van der Waals surface area contributed by atoms with Crippen LogP contribution in [0.25, 0.3) is 22.2 Å². The molecule has 1 fully saturated rings. The number of hydrogen-bond acceptors (Lipinski definition) is 8. The SMILES string of the molecule is CCn1cnc2c(N3CCN(c4ncnc5ncccc45)CC3)ncnc21. The van der Waals surface area contributed by atoms with Gasteiger partial charge in [0.25, 0.3) is 0 Å². The van der Waals surface area contributed by atoms with Gasteiger partial charge in [-0.15, -0.1) is 0 Å². The number of aromatic nitrogens is 7. The normalized spacial score (nSPS) is 15.0. The first kappa shape index (κ1) is 15.9.